The molecule has 2 rings (SSSR count). The van der Waals surface area contributed by atoms with Crippen molar-refractivity contribution in [1.29, 1.82) is 0 Å². The summed E-state index contributed by atoms with van der Waals surface area (Å²) in [5.74, 6) is 0.674. The van der Waals surface area contributed by atoms with Crippen molar-refractivity contribution < 1.29 is 14.2 Å². The largest absolute Gasteiger partial charge is 0.467 e. The third-order valence-corrected chi connectivity index (χ3v) is 2.23. The van der Waals surface area contributed by atoms with E-state index in [1.165, 1.54) is 14.2 Å². The SMILES string of the molecule is COc1nc(OC)nc(Oc2ccccc2C)n1. The van der Waals surface area contributed by atoms with Crippen molar-refractivity contribution >= 4 is 0 Å². The summed E-state index contributed by atoms with van der Waals surface area (Å²) in [6.45, 7) is 1.94. The normalized spacial score (nSPS) is 9.94. The highest BCUT2D eigenvalue weighted by Crippen LogP contribution is 2.23. The zero-order chi connectivity index (χ0) is 13.0. The van der Waals surface area contributed by atoms with Gasteiger partial charge in [-0.25, -0.2) is 0 Å². The van der Waals surface area contributed by atoms with Gasteiger partial charge >= 0.3 is 18.0 Å². The quantitative estimate of drug-likeness (QED) is 0.823. The average Bonchev–Trinajstić information content (AvgIpc) is 2.41. The second kappa shape index (κ2) is 5.31. The number of nitrogens with zero attached hydrogens (tertiary/aromatic N) is 3. The lowest BCUT2D eigenvalue weighted by Gasteiger charge is -2.08. The van der Waals surface area contributed by atoms with Crippen molar-refractivity contribution in [2.45, 2.75) is 6.92 Å². The first kappa shape index (κ1) is 12.1. The molecule has 0 aliphatic rings. The van der Waals surface area contributed by atoms with Gasteiger partial charge in [0.2, 0.25) is 0 Å². The molecule has 6 nitrogen and oxygen atoms in total. The predicted octanol–water partition coefficient (Wildman–Crippen LogP) is 1.99. The Labute approximate surface area is 105 Å². The molecule has 1 heterocycles. The predicted molar refractivity (Wildman–Crippen MR) is 64.2 cm³/mol. The Morgan fingerprint density at radius 2 is 1.39 bits per heavy atom. The molecule has 1 aromatic carbocycles. The molecule has 0 saturated heterocycles. The molecule has 6 heteroatoms. The monoisotopic (exact) mass is 247 g/mol. The fraction of sp³-hybridized carbons (Fsp3) is 0.250. The van der Waals surface area contributed by atoms with Gasteiger partial charge in [-0.2, -0.15) is 0 Å². The first-order chi connectivity index (χ1) is 8.72. The van der Waals surface area contributed by atoms with Gasteiger partial charge in [-0.3, -0.25) is 0 Å². The zero-order valence-corrected chi connectivity index (χ0v) is 10.4. The molecule has 0 N–H and O–H groups in total. The van der Waals surface area contributed by atoms with E-state index in [0.717, 1.165) is 5.56 Å². The molecule has 0 aliphatic carbocycles. The number of ether oxygens (including phenoxy) is 3. The molecular weight excluding hydrogens is 234 g/mol. The number of benzene rings is 1. The Bertz CT molecular complexity index is 524. The van der Waals surface area contributed by atoms with Gasteiger partial charge in [0.05, 0.1) is 14.2 Å². The maximum absolute atomic E-state index is 5.57. The minimum absolute atomic E-state index is 0.132. The van der Waals surface area contributed by atoms with E-state index in [1.807, 2.05) is 31.2 Å². The van der Waals surface area contributed by atoms with Crippen molar-refractivity contribution in [3.63, 3.8) is 0 Å². The van der Waals surface area contributed by atoms with Crippen LogP contribution in [0.15, 0.2) is 24.3 Å². The van der Waals surface area contributed by atoms with Crippen LogP contribution >= 0.6 is 0 Å². The highest BCUT2D eigenvalue weighted by atomic mass is 16.5. The van der Waals surface area contributed by atoms with Gasteiger partial charge in [-0.1, -0.05) is 18.2 Å². The molecule has 1 aromatic heterocycles. The Balaban J connectivity index is 2.31. The van der Waals surface area contributed by atoms with Crippen LogP contribution in [0.1, 0.15) is 5.56 Å². The lowest BCUT2D eigenvalue weighted by Crippen LogP contribution is -2.01. The molecule has 0 aliphatic heterocycles. The molecule has 2 aromatic rings. The van der Waals surface area contributed by atoms with Gasteiger partial charge in [0.25, 0.3) is 0 Å². The molecule has 0 amide bonds. The standard InChI is InChI=1S/C12H13N3O3/c1-8-6-4-5-7-9(8)18-12-14-10(16-2)13-11(15-12)17-3/h4-7H,1-3H3. The zero-order valence-electron chi connectivity index (χ0n) is 10.4. The fourth-order valence-electron chi connectivity index (χ4n) is 1.32. The van der Waals surface area contributed by atoms with E-state index in [1.54, 1.807) is 0 Å². The molecule has 0 fully saturated rings. The van der Waals surface area contributed by atoms with Crippen LogP contribution in [0.5, 0.6) is 23.8 Å². The van der Waals surface area contributed by atoms with Gasteiger partial charge in [-0.05, 0) is 18.6 Å². The Morgan fingerprint density at radius 3 is 1.94 bits per heavy atom. The van der Waals surface area contributed by atoms with E-state index in [2.05, 4.69) is 15.0 Å². The second-order valence-corrected chi connectivity index (χ2v) is 3.46. The van der Waals surface area contributed by atoms with Crippen LogP contribution in [0, 0.1) is 6.92 Å². The van der Waals surface area contributed by atoms with E-state index >= 15 is 0 Å². The lowest BCUT2D eigenvalue weighted by atomic mass is 10.2. The van der Waals surface area contributed by atoms with Gasteiger partial charge in [-0.15, -0.1) is 15.0 Å². The number of aromatic nitrogens is 3. The number of methoxy groups -OCH3 is 2. The maximum atomic E-state index is 5.57. The minimum Gasteiger partial charge on any atom is -0.467 e. The summed E-state index contributed by atoms with van der Waals surface area (Å²) in [5, 5.41) is 0. The summed E-state index contributed by atoms with van der Waals surface area (Å²) in [4.78, 5) is 11.9. The number of hydrogen-bond donors (Lipinski definition) is 0. The van der Waals surface area contributed by atoms with Crippen LogP contribution in [0.4, 0.5) is 0 Å². The Morgan fingerprint density at radius 1 is 0.833 bits per heavy atom. The van der Waals surface area contributed by atoms with E-state index in [4.69, 9.17) is 14.2 Å². The number of para-hydroxylation sites is 1. The van der Waals surface area contributed by atoms with Crippen LogP contribution in [0.25, 0.3) is 0 Å². The summed E-state index contributed by atoms with van der Waals surface area (Å²) in [5.41, 5.74) is 0.982. The van der Waals surface area contributed by atoms with E-state index in [9.17, 15) is 0 Å². The number of aryl methyl sites for hydroxylation is 1. The van der Waals surface area contributed by atoms with Crippen LogP contribution in [-0.2, 0) is 0 Å². The summed E-state index contributed by atoms with van der Waals surface area (Å²) in [7, 11) is 2.93. The van der Waals surface area contributed by atoms with Crippen molar-refractivity contribution in [2.24, 2.45) is 0 Å². The van der Waals surface area contributed by atoms with E-state index in [-0.39, 0.29) is 18.0 Å². The number of rotatable bonds is 4. The van der Waals surface area contributed by atoms with Crippen molar-refractivity contribution in [2.75, 3.05) is 14.2 Å². The second-order valence-electron chi connectivity index (χ2n) is 3.46. The maximum Gasteiger partial charge on any atom is 0.331 e. The van der Waals surface area contributed by atoms with E-state index < -0.39 is 0 Å². The van der Waals surface area contributed by atoms with Crippen molar-refractivity contribution in [3.05, 3.63) is 29.8 Å². The van der Waals surface area contributed by atoms with Crippen LogP contribution < -0.4 is 14.2 Å². The summed E-state index contributed by atoms with van der Waals surface area (Å²) < 4.78 is 15.5. The van der Waals surface area contributed by atoms with Gasteiger partial charge in [0, 0.05) is 0 Å². The van der Waals surface area contributed by atoms with Crippen LogP contribution in [0.2, 0.25) is 0 Å². The minimum atomic E-state index is 0.132. The first-order valence-electron chi connectivity index (χ1n) is 5.30. The molecule has 0 unspecified atom stereocenters. The smallest absolute Gasteiger partial charge is 0.331 e. The fourth-order valence-corrected chi connectivity index (χ4v) is 1.32. The summed E-state index contributed by atoms with van der Waals surface area (Å²) >= 11 is 0. The molecule has 0 saturated carbocycles. The highest BCUT2D eigenvalue weighted by Gasteiger charge is 2.09. The topological polar surface area (TPSA) is 66.4 Å². The van der Waals surface area contributed by atoms with Gasteiger partial charge in [0.1, 0.15) is 5.75 Å². The molecule has 0 spiro atoms. The van der Waals surface area contributed by atoms with Crippen LogP contribution in [0.3, 0.4) is 0 Å². The summed E-state index contributed by atoms with van der Waals surface area (Å²) in [6.07, 6.45) is 0. The first-order valence-corrected chi connectivity index (χ1v) is 5.30. The average molecular weight is 247 g/mol. The lowest BCUT2D eigenvalue weighted by molar-refractivity contribution is 0.320. The van der Waals surface area contributed by atoms with Crippen molar-refractivity contribution in [1.82, 2.24) is 15.0 Å². The van der Waals surface area contributed by atoms with Gasteiger partial charge in [0.15, 0.2) is 0 Å². The molecule has 0 radical (unpaired) electrons. The highest BCUT2D eigenvalue weighted by molar-refractivity contribution is 5.33. The third kappa shape index (κ3) is 2.65. The Kier molecular flexibility index (Phi) is 3.57. The third-order valence-electron chi connectivity index (χ3n) is 2.23. The molecule has 0 bridgehead atoms. The Hall–Kier alpha value is -2.37. The van der Waals surface area contributed by atoms with Crippen molar-refractivity contribution in [3.8, 4) is 23.8 Å². The summed E-state index contributed by atoms with van der Waals surface area (Å²) in [6, 6.07) is 7.99. The van der Waals surface area contributed by atoms with Crippen LogP contribution in [-0.4, -0.2) is 29.2 Å². The molecule has 0 atom stereocenters. The van der Waals surface area contributed by atoms with Gasteiger partial charge < -0.3 is 14.2 Å². The number of hydrogen-bond acceptors (Lipinski definition) is 6. The molecule has 18 heavy (non-hydrogen) atoms. The van der Waals surface area contributed by atoms with E-state index in [0.29, 0.717) is 5.75 Å². The molecule has 94 valence electrons. The molecular formula is C12H13N3O3.